The zero-order valence-corrected chi connectivity index (χ0v) is 15.1. The van der Waals surface area contributed by atoms with Gasteiger partial charge in [0.2, 0.25) is 5.91 Å². The van der Waals surface area contributed by atoms with E-state index in [2.05, 4.69) is 31.6 Å². The first-order valence-electron chi connectivity index (χ1n) is 9.67. The van der Waals surface area contributed by atoms with Crippen molar-refractivity contribution in [1.29, 1.82) is 0 Å². The van der Waals surface area contributed by atoms with Gasteiger partial charge in [-0.1, -0.05) is 11.6 Å². The largest absolute Gasteiger partial charge is 0.355 e. The Bertz CT molecular complexity index is 798. The Balaban J connectivity index is 1.32. The first kappa shape index (κ1) is 17.0. The number of allylic oxidation sites excluding steroid dienone is 1. The van der Waals surface area contributed by atoms with Crippen LogP contribution in [0.15, 0.2) is 30.1 Å². The summed E-state index contributed by atoms with van der Waals surface area (Å²) in [5, 5.41) is 15.5. The third-order valence-corrected chi connectivity index (χ3v) is 5.39. The zero-order chi connectivity index (χ0) is 17.8. The Labute approximate surface area is 153 Å². The van der Waals surface area contributed by atoms with Gasteiger partial charge in [-0.15, -0.1) is 15.3 Å². The molecule has 2 aliphatic rings. The molecule has 0 spiro atoms. The summed E-state index contributed by atoms with van der Waals surface area (Å²) < 4.78 is 1.68. The summed E-state index contributed by atoms with van der Waals surface area (Å²) >= 11 is 0. The van der Waals surface area contributed by atoms with Crippen molar-refractivity contribution in [3.8, 4) is 0 Å². The second-order valence-corrected chi connectivity index (χ2v) is 7.26. The monoisotopic (exact) mass is 354 g/mol. The van der Waals surface area contributed by atoms with Gasteiger partial charge >= 0.3 is 0 Å². The second kappa shape index (κ2) is 7.85. The number of aromatic nitrogens is 4. The van der Waals surface area contributed by atoms with Gasteiger partial charge in [0.05, 0.1) is 5.92 Å². The maximum atomic E-state index is 12.6. The molecule has 26 heavy (non-hydrogen) atoms. The Morgan fingerprint density at radius 1 is 1.27 bits per heavy atom. The van der Waals surface area contributed by atoms with E-state index in [-0.39, 0.29) is 11.8 Å². The van der Waals surface area contributed by atoms with Gasteiger partial charge in [-0.25, -0.2) is 0 Å². The molecule has 7 nitrogen and oxygen atoms in total. The summed E-state index contributed by atoms with van der Waals surface area (Å²) in [5.41, 5.74) is 2.24. The summed E-state index contributed by atoms with van der Waals surface area (Å²) in [6, 6.07) is 3.87. The molecule has 4 rings (SSSR count). The molecule has 2 aromatic rings. The first-order chi connectivity index (χ1) is 12.8. The molecule has 0 bridgehead atoms. The van der Waals surface area contributed by atoms with Crippen molar-refractivity contribution in [2.24, 2.45) is 5.92 Å². The summed E-state index contributed by atoms with van der Waals surface area (Å²) in [4.78, 5) is 14.8. The lowest BCUT2D eigenvalue weighted by atomic mass is 9.96. The molecule has 7 heteroatoms. The Morgan fingerprint density at radius 3 is 3.12 bits per heavy atom. The van der Waals surface area contributed by atoms with E-state index in [1.54, 1.807) is 10.8 Å². The number of nitrogens with one attached hydrogen (secondary N) is 1. The number of rotatable bonds is 5. The van der Waals surface area contributed by atoms with Gasteiger partial charge in [0, 0.05) is 19.6 Å². The van der Waals surface area contributed by atoms with E-state index in [0.717, 1.165) is 50.4 Å². The molecule has 1 fully saturated rings. The van der Waals surface area contributed by atoms with Crippen molar-refractivity contribution in [2.75, 3.05) is 24.5 Å². The smallest absolute Gasteiger partial charge is 0.224 e. The van der Waals surface area contributed by atoms with Crippen LogP contribution in [0.4, 0.5) is 5.82 Å². The van der Waals surface area contributed by atoms with Gasteiger partial charge in [-0.2, -0.15) is 4.52 Å². The molecule has 1 saturated heterocycles. The van der Waals surface area contributed by atoms with E-state index in [1.165, 1.54) is 31.3 Å². The van der Waals surface area contributed by atoms with Gasteiger partial charge in [-0.05, 0) is 57.1 Å². The Hall–Kier alpha value is -2.44. The Morgan fingerprint density at radius 2 is 2.23 bits per heavy atom. The van der Waals surface area contributed by atoms with E-state index in [0.29, 0.717) is 0 Å². The molecule has 1 N–H and O–H groups in total. The first-order valence-corrected chi connectivity index (χ1v) is 9.67. The van der Waals surface area contributed by atoms with Crippen LogP contribution in [0.2, 0.25) is 0 Å². The molecule has 0 radical (unpaired) electrons. The van der Waals surface area contributed by atoms with Crippen LogP contribution in [0.1, 0.15) is 44.9 Å². The number of carbonyl (C=O) groups is 1. The number of hydrogen-bond donors (Lipinski definition) is 1. The van der Waals surface area contributed by atoms with Crippen LogP contribution >= 0.6 is 0 Å². The molecule has 1 aliphatic heterocycles. The summed E-state index contributed by atoms with van der Waals surface area (Å²) in [5.74, 6) is 1.08. The number of fused-ring (bicyclic) bond motifs is 1. The molecule has 0 unspecified atom stereocenters. The van der Waals surface area contributed by atoms with Crippen molar-refractivity contribution in [3.63, 3.8) is 0 Å². The van der Waals surface area contributed by atoms with E-state index in [9.17, 15) is 4.79 Å². The molecule has 1 atom stereocenters. The molecule has 3 heterocycles. The number of carbonyl (C=O) groups excluding carboxylic acids is 1. The molecule has 1 amide bonds. The highest BCUT2D eigenvalue weighted by molar-refractivity contribution is 5.79. The van der Waals surface area contributed by atoms with Crippen LogP contribution in [0.25, 0.3) is 5.65 Å². The maximum absolute atomic E-state index is 12.6. The summed E-state index contributed by atoms with van der Waals surface area (Å²) in [6.07, 6.45) is 11.9. The van der Waals surface area contributed by atoms with Gasteiger partial charge in [0.1, 0.15) is 12.1 Å². The third-order valence-electron chi connectivity index (χ3n) is 5.39. The lowest BCUT2D eigenvalue weighted by Crippen LogP contribution is -2.43. The van der Waals surface area contributed by atoms with E-state index >= 15 is 0 Å². The molecule has 2 aromatic heterocycles. The fraction of sp³-hybridized carbons (Fsp3) is 0.579. The fourth-order valence-electron chi connectivity index (χ4n) is 3.91. The number of hydrogen-bond acceptors (Lipinski definition) is 5. The standard InChI is InChI=1S/C19H26N6O/c26-19(20-11-10-15-5-2-1-3-6-15)16-7-4-12-24(13-16)18-9-8-17-22-21-14-25(17)23-18/h5,8-9,14,16H,1-4,6-7,10-13H2,(H,20,26)/t16-/m0/s1. The number of nitrogens with zero attached hydrogens (tertiary/aromatic N) is 5. The van der Waals surface area contributed by atoms with Crippen LogP contribution in [0.3, 0.4) is 0 Å². The van der Waals surface area contributed by atoms with Gasteiger partial charge in [0.15, 0.2) is 5.65 Å². The van der Waals surface area contributed by atoms with Crippen LogP contribution < -0.4 is 10.2 Å². The van der Waals surface area contributed by atoms with Crippen LogP contribution in [0.5, 0.6) is 0 Å². The number of piperidine rings is 1. The van der Waals surface area contributed by atoms with E-state index in [4.69, 9.17) is 0 Å². The lowest BCUT2D eigenvalue weighted by Gasteiger charge is -2.32. The minimum atomic E-state index is 0.0301. The maximum Gasteiger partial charge on any atom is 0.224 e. The van der Waals surface area contributed by atoms with Gasteiger partial charge in [-0.3, -0.25) is 4.79 Å². The fourth-order valence-corrected chi connectivity index (χ4v) is 3.91. The quantitative estimate of drug-likeness (QED) is 0.834. The summed E-state index contributed by atoms with van der Waals surface area (Å²) in [6.45, 7) is 2.40. The van der Waals surface area contributed by atoms with E-state index < -0.39 is 0 Å². The molecule has 1 aliphatic carbocycles. The van der Waals surface area contributed by atoms with Gasteiger partial charge < -0.3 is 10.2 Å². The SMILES string of the molecule is O=C(NCCC1=CCCCC1)[C@H]1CCCN(c2ccc3nncn3n2)C1. The number of anilines is 1. The lowest BCUT2D eigenvalue weighted by molar-refractivity contribution is -0.125. The molecule has 138 valence electrons. The minimum Gasteiger partial charge on any atom is -0.355 e. The average Bonchev–Trinajstić information content (AvgIpc) is 3.16. The molecule has 0 aromatic carbocycles. The predicted molar refractivity (Wildman–Crippen MR) is 99.9 cm³/mol. The zero-order valence-electron chi connectivity index (χ0n) is 15.1. The van der Waals surface area contributed by atoms with Crippen molar-refractivity contribution >= 4 is 17.4 Å². The van der Waals surface area contributed by atoms with Crippen molar-refractivity contribution in [1.82, 2.24) is 25.1 Å². The van der Waals surface area contributed by atoms with Crippen LogP contribution in [0, 0.1) is 5.92 Å². The second-order valence-electron chi connectivity index (χ2n) is 7.26. The highest BCUT2D eigenvalue weighted by Gasteiger charge is 2.26. The molecular weight excluding hydrogens is 328 g/mol. The topological polar surface area (TPSA) is 75.4 Å². The molecular formula is C19H26N6O. The van der Waals surface area contributed by atoms with Crippen molar-refractivity contribution in [3.05, 3.63) is 30.1 Å². The van der Waals surface area contributed by atoms with Gasteiger partial charge in [0.25, 0.3) is 0 Å². The van der Waals surface area contributed by atoms with Crippen molar-refractivity contribution in [2.45, 2.75) is 44.9 Å². The third kappa shape index (κ3) is 3.86. The average molecular weight is 354 g/mol. The van der Waals surface area contributed by atoms with Crippen LogP contribution in [-0.4, -0.2) is 45.4 Å². The highest BCUT2D eigenvalue weighted by Crippen LogP contribution is 2.22. The van der Waals surface area contributed by atoms with E-state index in [1.807, 2.05) is 12.1 Å². The molecule has 0 saturated carbocycles. The van der Waals surface area contributed by atoms with Crippen LogP contribution in [-0.2, 0) is 4.79 Å². The Kier molecular flexibility index (Phi) is 5.13. The number of amides is 1. The van der Waals surface area contributed by atoms with Crippen molar-refractivity contribution < 1.29 is 4.79 Å². The predicted octanol–water partition coefficient (Wildman–Crippen LogP) is 2.35. The highest BCUT2D eigenvalue weighted by atomic mass is 16.1. The normalized spacial score (nSPS) is 20.8. The summed E-state index contributed by atoms with van der Waals surface area (Å²) in [7, 11) is 0. The minimum absolute atomic E-state index is 0.0301.